The van der Waals surface area contributed by atoms with Gasteiger partial charge in [-0.05, 0) is 39.9 Å². The summed E-state index contributed by atoms with van der Waals surface area (Å²) in [4.78, 5) is 24.1. The molecule has 13 heteroatoms. The monoisotopic (exact) mass is 765 g/mol. The van der Waals surface area contributed by atoms with E-state index in [1.54, 1.807) is 20.4 Å². The first-order valence-electron chi connectivity index (χ1n) is 19.1. The number of aromatic nitrogens is 4. The zero-order valence-corrected chi connectivity index (χ0v) is 34.2. The third kappa shape index (κ3) is 9.02. The molecular weight excluding hydrogens is 711 g/mol. The van der Waals surface area contributed by atoms with Crippen LogP contribution in [0.15, 0.2) is 85.1 Å². The number of hydrogen-bond acceptors (Lipinski definition) is 10. The molecule has 1 atom stereocenters. The second-order valence-corrected chi connectivity index (χ2v) is 19.5. The molecule has 2 aromatic heterocycles. The van der Waals surface area contributed by atoms with Crippen LogP contribution in [0.25, 0.3) is 11.0 Å². The minimum absolute atomic E-state index is 0.00340. The predicted octanol–water partition coefficient (Wildman–Crippen LogP) is 6.44. The molecule has 3 heterocycles. The maximum Gasteiger partial charge on any atom is 0.413 e. The summed E-state index contributed by atoms with van der Waals surface area (Å²) in [6.07, 6.45) is 3.90. The van der Waals surface area contributed by atoms with Crippen molar-refractivity contribution < 1.29 is 23.4 Å². The van der Waals surface area contributed by atoms with Crippen molar-refractivity contribution in [3.63, 3.8) is 0 Å². The lowest BCUT2D eigenvalue weighted by Crippen LogP contribution is -2.66. The van der Waals surface area contributed by atoms with E-state index >= 15 is 0 Å². The highest BCUT2D eigenvalue weighted by Gasteiger charge is 2.50. The number of anilines is 2. The van der Waals surface area contributed by atoms with Crippen LogP contribution in [0, 0.1) is 0 Å². The predicted molar refractivity (Wildman–Crippen MR) is 220 cm³/mol. The number of amides is 1. The number of rotatable bonds is 17. The van der Waals surface area contributed by atoms with Crippen LogP contribution in [-0.4, -0.2) is 92.2 Å². The van der Waals surface area contributed by atoms with Crippen molar-refractivity contribution in [2.75, 3.05) is 51.7 Å². The van der Waals surface area contributed by atoms with Crippen LogP contribution in [0.2, 0.25) is 5.04 Å². The summed E-state index contributed by atoms with van der Waals surface area (Å²) < 4.78 is 25.4. The van der Waals surface area contributed by atoms with Gasteiger partial charge in [-0.15, -0.1) is 0 Å². The van der Waals surface area contributed by atoms with Crippen LogP contribution in [0.4, 0.5) is 16.6 Å². The number of methoxy groups -OCH3 is 3. The third-order valence-corrected chi connectivity index (χ3v) is 15.4. The SMILES string of the molecule is CCC[C@@H](CCO[Si](c1ccccc1)(c1ccccc1)C(C)(C)C)Nc1nc(NC(=O)OC)nc2cnn(Cc3ccc(CN4CC(OC)C4)cc3OC)c12. The van der Waals surface area contributed by atoms with Gasteiger partial charge in [0.05, 0.1) is 33.1 Å². The van der Waals surface area contributed by atoms with Gasteiger partial charge < -0.3 is 24.0 Å². The Bertz CT molecular complexity index is 1980. The Morgan fingerprint density at radius 1 is 0.927 bits per heavy atom. The minimum atomic E-state index is -2.72. The highest BCUT2D eigenvalue weighted by Crippen LogP contribution is 2.37. The lowest BCUT2D eigenvalue weighted by Gasteiger charge is -2.43. The average molecular weight is 766 g/mol. The third-order valence-electron chi connectivity index (χ3n) is 10.4. The van der Waals surface area contributed by atoms with Crippen LogP contribution in [-0.2, 0) is 27.0 Å². The van der Waals surface area contributed by atoms with E-state index in [9.17, 15) is 4.79 Å². The highest BCUT2D eigenvalue weighted by atomic mass is 28.4. The smallest absolute Gasteiger partial charge is 0.413 e. The summed E-state index contributed by atoms with van der Waals surface area (Å²) in [5.74, 6) is 1.48. The van der Waals surface area contributed by atoms with E-state index in [4.69, 9.17) is 28.7 Å². The summed E-state index contributed by atoms with van der Waals surface area (Å²) in [6, 6.07) is 27.7. The molecule has 6 rings (SSSR count). The van der Waals surface area contributed by atoms with Crippen LogP contribution >= 0.6 is 0 Å². The van der Waals surface area contributed by atoms with E-state index in [0.29, 0.717) is 30.6 Å². The number of benzene rings is 3. The van der Waals surface area contributed by atoms with Gasteiger partial charge in [0, 0.05) is 45.0 Å². The molecule has 292 valence electrons. The van der Waals surface area contributed by atoms with Crippen LogP contribution < -0.4 is 25.7 Å². The van der Waals surface area contributed by atoms with Crippen molar-refractivity contribution in [1.29, 1.82) is 0 Å². The van der Waals surface area contributed by atoms with Gasteiger partial charge >= 0.3 is 6.09 Å². The van der Waals surface area contributed by atoms with Crippen molar-refractivity contribution >= 4 is 47.6 Å². The molecule has 0 radical (unpaired) electrons. The molecule has 0 aliphatic carbocycles. The van der Waals surface area contributed by atoms with E-state index in [2.05, 4.69) is 127 Å². The van der Waals surface area contributed by atoms with Gasteiger partial charge in [-0.25, -0.2) is 9.78 Å². The Hall–Kier alpha value is -4.82. The van der Waals surface area contributed by atoms with E-state index in [1.807, 2.05) is 4.68 Å². The summed E-state index contributed by atoms with van der Waals surface area (Å²) in [6.45, 7) is 12.7. The van der Waals surface area contributed by atoms with Gasteiger partial charge in [-0.2, -0.15) is 10.1 Å². The van der Waals surface area contributed by atoms with Crippen molar-refractivity contribution in [1.82, 2.24) is 24.6 Å². The van der Waals surface area contributed by atoms with Crippen LogP contribution in [0.5, 0.6) is 5.75 Å². The standard InChI is InChI=1S/C42H55N7O5Si/c1-8-15-32(22-23-54-55(42(2,3)4,34-16-11-9-12-17-34)35-18-13-10-14-19-35)44-39-38-36(45-40(46-39)47-41(50)53-7)25-43-49(38)27-31-21-20-30(24-37(31)52-6)26-48-28-33(29-48)51-5/h9-14,16-21,24-25,32-33H,8,15,22-23,26-29H2,1-7H3,(H2,44,45,46,47,50)/t32-/m0/s1. The lowest BCUT2D eigenvalue weighted by molar-refractivity contribution is -0.0334. The maximum atomic E-state index is 12.3. The van der Waals surface area contributed by atoms with Crippen LogP contribution in [0.3, 0.4) is 0 Å². The molecule has 3 aromatic carbocycles. The summed E-state index contributed by atoms with van der Waals surface area (Å²) >= 11 is 0. The van der Waals surface area contributed by atoms with E-state index in [1.165, 1.54) is 23.0 Å². The maximum absolute atomic E-state index is 12.3. The average Bonchev–Trinajstić information content (AvgIpc) is 3.57. The normalized spacial score (nSPS) is 14.4. The fourth-order valence-electron chi connectivity index (χ4n) is 7.60. The molecule has 0 unspecified atom stereocenters. The van der Waals surface area contributed by atoms with Crippen molar-refractivity contribution in [2.45, 2.75) is 77.2 Å². The van der Waals surface area contributed by atoms with Gasteiger partial charge in [-0.3, -0.25) is 14.9 Å². The lowest BCUT2D eigenvalue weighted by atomic mass is 10.1. The Morgan fingerprint density at radius 2 is 1.62 bits per heavy atom. The zero-order valence-electron chi connectivity index (χ0n) is 33.2. The molecule has 0 saturated carbocycles. The van der Waals surface area contributed by atoms with Crippen molar-refractivity contribution in [2.24, 2.45) is 0 Å². The second-order valence-electron chi connectivity index (χ2n) is 15.2. The molecular formula is C42H55N7O5Si. The number of ether oxygens (including phenoxy) is 3. The minimum Gasteiger partial charge on any atom is -0.496 e. The molecule has 0 bridgehead atoms. The molecule has 1 amide bonds. The molecule has 55 heavy (non-hydrogen) atoms. The number of carbonyl (C=O) groups excluding carboxylic acids is 1. The van der Waals surface area contributed by atoms with E-state index in [0.717, 1.165) is 55.7 Å². The Kier molecular flexibility index (Phi) is 12.9. The van der Waals surface area contributed by atoms with Crippen molar-refractivity contribution in [3.8, 4) is 5.75 Å². The number of hydrogen-bond donors (Lipinski definition) is 2. The van der Waals surface area contributed by atoms with E-state index in [-0.39, 0.29) is 17.0 Å². The molecule has 2 N–H and O–H groups in total. The largest absolute Gasteiger partial charge is 0.496 e. The first kappa shape index (κ1) is 39.9. The van der Waals surface area contributed by atoms with Crippen LogP contribution in [0.1, 0.15) is 58.1 Å². The molecule has 5 aromatic rings. The number of nitrogens with zero attached hydrogens (tertiary/aromatic N) is 5. The molecule has 1 aliphatic heterocycles. The van der Waals surface area contributed by atoms with Gasteiger partial charge in [0.1, 0.15) is 16.8 Å². The quantitative estimate of drug-likeness (QED) is 0.102. The first-order valence-corrected chi connectivity index (χ1v) is 21.0. The fourth-order valence-corrected chi connectivity index (χ4v) is 12.2. The fraction of sp³-hybridized carbons (Fsp3) is 0.429. The number of likely N-dealkylation sites (tertiary alicyclic amines) is 1. The molecule has 0 spiro atoms. The summed E-state index contributed by atoms with van der Waals surface area (Å²) in [7, 11) is 2.04. The summed E-state index contributed by atoms with van der Waals surface area (Å²) in [5, 5.41) is 13.5. The van der Waals surface area contributed by atoms with E-state index < -0.39 is 14.4 Å². The molecule has 1 fully saturated rings. The second kappa shape index (κ2) is 17.8. The first-order chi connectivity index (χ1) is 26.6. The Morgan fingerprint density at radius 3 is 2.22 bits per heavy atom. The van der Waals surface area contributed by atoms with Gasteiger partial charge in [0.2, 0.25) is 5.95 Å². The van der Waals surface area contributed by atoms with Gasteiger partial charge in [-0.1, -0.05) is 107 Å². The number of nitrogens with one attached hydrogen (secondary N) is 2. The van der Waals surface area contributed by atoms with Gasteiger partial charge in [0.25, 0.3) is 8.32 Å². The number of carbonyl (C=O) groups is 1. The Labute approximate surface area is 325 Å². The Balaban J connectivity index is 1.29. The number of fused-ring (bicyclic) bond motifs is 1. The molecule has 1 aliphatic rings. The van der Waals surface area contributed by atoms with Gasteiger partial charge in [0.15, 0.2) is 5.82 Å². The topological polar surface area (TPSA) is 125 Å². The highest BCUT2D eigenvalue weighted by molar-refractivity contribution is 6.99. The molecule has 12 nitrogen and oxygen atoms in total. The van der Waals surface area contributed by atoms with Crippen molar-refractivity contribution in [3.05, 3.63) is 96.2 Å². The molecule has 1 saturated heterocycles. The zero-order chi connectivity index (χ0) is 39.0. The summed E-state index contributed by atoms with van der Waals surface area (Å²) in [5.41, 5.74) is 3.46.